The molecule has 0 spiro atoms. The average molecular weight is 234 g/mol. The van der Waals surface area contributed by atoms with Gasteiger partial charge in [-0.05, 0) is 13.0 Å². The molecule has 17 heavy (non-hydrogen) atoms. The Balaban J connectivity index is 2.35. The fourth-order valence-electron chi connectivity index (χ4n) is 1.84. The van der Waals surface area contributed by atoms with Crippen molar-refractivity contribution in [2.24, 2.45) is 7.05 Å². The van der Waals surface area contributed by atoms with Crippen molar-refractivity contribution in [2.45, 2.75) is 26.8 Å². The second-order valence-electron chi connectivity index (χ2n) is 3.93. The number of oxazole rings is 1. The van der Waals surface area contributed by atoms with Crippen molar-refractivity contribution in [3.63, 3.8) is 0 Å². The fraction of sp³-hybridized carbons (Fsp3) is 0.500. The van der Waals surface area contributed by atoms with E-state index in [0.717, 1.165) is 42.2 Å². The molecular weight excluding hydrogens is 216 g/mol. The number of aryl methyl sites for hydroxylation is 2. The number of hydrogen-bond acceptors (Lipinski definition) is 4. The van der Waals surface area contributed by atoms with Crippen molar-refractivity contribution in [3.05, 3.63) is 24.0 Å². The Hall–Kier alpha value is -1.62. The number of rotatable bonds is 5. The molecule has 2 heterocycles. The van der Waals surface area contributed by atoms with Crippen molar-refractivity contribution in [3.8, 4) is 11.3 Å². The number of nitrogens with one attached hydrogen (secondary N) is 1. The SMILES string of the molecule is CCNCc1ncoc1-c1cn(C)nc1CC. The van der Waals surface area contributed by atoms with Crippen LogP contribution in [0, 0.1) is 0 Å². The van der Waals surface area contributed by atoms with E-state index in [1.54, 1.807) is 0 Å². The predicted molar refractivity (Wildman–Crippen MR) is 65.5 cm³/mol. The monoisotopic (exact) mass is 234 g/mol. The lowest BCUT2D eigenvalue weighted by atomic mass is 10.1. The molecular formula is C12H18N4O. The highest BCUT2D eigenvalue weighted by molar-refractivity contribution is 5.61. The minimum atomic E-state index is 0.723. The third kappa shape index (κ3) is 2.39. The Morgan fingerprint density at radius 2 is 2.18 bits per heavy atom. The van der Waals surface area contributed by atoms with E-state index in [-0.39, 0.29) is 0 Å². The molecule has 0 aromatic carbocycles. The van der Waals surface area contributed by atoms with Gasteiger partial charge in [-0.25, -0.2) is 4.98 Å². The topological polar surface area (TPSA) is 55.9 Å². The van der Waals surface area contributed by atoms with Gasteiger partial charge in [-0.3, -0.25) is 4.68 Å². The van der Waals surface area contributed by atoms with Gasteiger partial charge < -0.3 is 9.73 Å². The summed E-state index contributed by atoms with van der Waals surface area (Å²) in [4.78, 5) is 4.25. The highest BCUT2D eigenvalue weighted by Gasteiger charge is 2.16. The summed E-state index contributed by atoms with van der Waals surface area (Å²) in [6, 6.07) is 0. The third-order valence-corrected chi connectivity index (χ3v) is 2.67. The number of aromatic nitrogens is 3. The van der Waals surface area contributed by atoms with Crippen LogP contribution in [-0.4, -0.2) is 21.3 Å². The number of hydrogen-bond donors (Lipinski definition) is 1. The average Bonchev–Trinajstić information content (AvgIpc) is 2.91. The van der Waals surface area contributed by atoms with E-state index in [1.807, 2.05) is 17.9 Å². The van der Waals surface area contributed by atoms with Gasteiger partial charge in [0.15, 0.2) is 12.2 Å². The Morgan fingerprint density at radius 3 is 2.88 bits per heavy atom. The molecule has 0 fully saturated rings. The van der Waals surface area contributed by atoms with Gasteiger partial charge in [-0.2, -0.15) is 5.10 Å². The molecule has 92 valence electrons. The zero-order valence-electron chi connectivity index (χ0n) is 10.5. The second-order valence-corrected chi connectivity index (χ2v) is 3.93. The Bertz CT molecular complexity index is 486. The lowest BCUT2D eigenvalue weighted by molar-refractivity contribution is 0.569. The van der Waals surface area contributed by atoms with Crippen molar-refractivity contribution in [1.29, 1.82) is 0 Å². The van der Waals surface area contributed by atoms with Crippen molar-refractivity contribution in [2.75, 3.05) is 6.54 Å². The van der Waals surface area contributed by atoms with Crippen LogP contribution in [0.1, 0.15) is 25.2 Å². The molecule has 0 aliphatic carbocycles. The Morgan fingerprint density at radius 1 is 1.35 bits per heavy atom. The quantitative estimate of drug-likeness (QED) is 0.856. The van der Waals surface area contributed by atoms with Crippen LogP contribution in [0.3, 0.4) is 0 Å². The lowest BCUT2D eigenvalue weighted by Gasteiger charge is -2.01. The number of nitrogens with zero attached hydrogens (tertiary/aromatic N) is 3. The minimum absolute atomic E-state index is 0.723. The van der Waals surface area contributed by atoms with Crippen LogP contribution in [0.25, 0.3) is 11.3 Å². The molecule has 0 aliphatic rings. The maximum Gasteiger partial charge on any atom is 0.181 e. The molecule has 2 rings (SSSR count). The van der Waals surface area contributed by atoms with Crippen molar-refractivity contribution >= 4 is 0 Å². The van der Waals surface area contributed by atoms with E-state index in [2.05, 4.69) is 29.2 Å². The van der Waals surface area contributed by atoms with Crippen LogP contribution in [-0.2, 0) is 20.0 Å². The smallest absolute Gasteiger partial charge is 0.181 e. The van der Waals surface area contributed by atoms with Crippen LogP contribution in [0.4, 0.5) is 0 Å². The molecule has 0 saturated carbocycles. The van der Waals surface area contributed by atoms with E-state index < -0.39 is 0 Å². The van der Waals surface area contributed by atoms with Gasteiger partial charge in [-0.15, -0.1) is 0 Å². The van der Waals surface area contributed by atoms with E-state index in [4.69, 9.17) is 4.42 Å². The molecule has 0 unspecified atom stereocenters. The van der Waals surface area contributed by atoms with E-state index in [1.165, 1.54) is 6.39 Å². The molecule has 0 bridgehead atoms. The van der Waals surface area contributed by atoms with Gasteiger partial charge in [0, 0.05) is 19.8 Å². The molecule has 0 radical (unpaired) electrons. The third-order valence-electron chi connectivity index (χ3n) is 2.67. The summed E-state index contributed by atoms with van der Waals surface area (Å²) in [6.45, 7) is 5.80. The molecule has 0 aliphatic heterocycles. The first-order chi connectivity index (χ1) is 8.26. The van der Waals surface area contributed by atoms with Crippen molar-refractivity contribution in [1.82, 2.24) is 20.1 Å². The van der Waals surface area contributed by atoms with Crippen LogP contribution in [0.15, 0.2) is 17.0 Å². The first-order valence-electron chi connectivity index (χ1n) is 5.92. The van der Waals surface area contributed by atoms with Gasteiger partial charge in [0.1, 0.15) is 5.69 Å². The van der Waals surface area contributed by atoms with Gasteiger partial charge in [0.25, 0.3) is 0 Å². The first kappa shape index (κ1) is 11.9. The Labute approximate surface area is 101 Å². The highest BCUT2D eigenvalue weighted by Crippen LogP contribution is 2.26. The minimum Gasteiger partial charge on any atom is -0.443 e. The van der Waals surface area contributed by atoms with Crippen LogP contribution in [0.2, 0.25) is 0 Å². The zero-order chi connectivity index (χ0) is 12.3. The van der Waals surface area contributed by atoms with E-state index in [0.29, 0.717) is 0 Å². The van der Waals surface area contributed by atoms with Crippen molar-refractivity contribution < 1.29 is 4.42 Å². The fourth-order valence-corrected chi connectivity index (χ4v) is 1.84. The molecule has 0 amide bonds. The van der Waals surface area contributed by atoms with Crippen LogP contribution in [0.5, 0.6) is 0 Å². The summed E-state index contributed by atoms with van der Waals surface area (Å²) in [5.74, 6) is 0.830. The molecule has 2 aromatic rings. The molecule has 1 N–H and O–H groups in total. The van der Waals surface area contributed by atoms with E-state index >= 15 is 0 Å². The molecule has 2 aromatic heterocycles. The van der Waals surface area contributed by atoms with Gasteiger partial charge in [0.05, 0.1) is 11.3 Å². The van der Waals surface area contributed by atoms with Crippen LogP contribution < -0.4 is 5.32 Å². The van der Waals surface area contributed by atoms with Gasteiger partial charge in [-0.1, -0.05) is 13.8 Å². The maximum absolute atomic E-state index is 5.50. The summed E-state index contributed by atoms with van der Waals surface area (Å²) < 4.78 is 7.31. The largest absolute Gasteiger partial charge is 0.443 e. The highest BCUT2D eigenvalue weighted by atomic mass is 16.3. The summed E-state index contributed by atoms with van der Waals surface area (Å²) in [5, 5.41) is 7.67. The molecule has 0 atom stereocenters. The second kappa shape index (κ2) is 5.14. The summed E-state index contributed by atoms with van der Waals surface area (Å²) in [5.41, 5.74) is 3.02. The predicted octanol–water partition coefficient (Wildman–Crippen LogP) is 1.75. The zero-order valence-corrected chi connectivity index (χ0v) is 10.5. The van der Waals surface area contributed by atoms with E-state index in [9.17, 15) is 0 Å². The molecule has 0 saturated heterocycles. The summed E-state index contributed by atoms with van der Waals surface area (Å²) in [7, 11) is 1.92. The first-order valence-corrected chi connectivity index (χ1v) is 5.92. The lowest BCUT2D eigenvalue weighted by Crippen LogP contribution is -2.12. The van der Waals surface area contributed by atoms with Crippen LogP contribution >= 0.6 is 0 Å². The normalized spacial score (nSPS) is 11.0. The summed E-state index contributed by atoms with van der Waals surface area (Å²) in [6.07, 6.45) is 4.36. The van der Waals surface area contributed by atoms with Gasteiger partial charge in [0.2, 0.25) is 0 Å². The maximum atomic E-state index is 5.50. The molecule has 5 heteroatoms. The summed E-state index contributed by atoms with van der Waals surface area (Å²) >= 11 is 0. The Kier molecular flexibility index (Phi) is 3.58. The standard InChI is InChI=1S/C12H18N4O/c1-4-10-9(7-16(3)15-10)12-11(6-13-5-2)14-8-17-12/h7-8,13H,4-6H2,1-3H3. The van der Waals surface area contributed by atoms with Gasteiger partial charge >= 0.3 is 0 Å². The molecule has 5 nitrogen and oxygen atoms in total.